The number of nitrogens with one attached hydrogen (secondary N) is 1. The Hall–Kier alpha value is -1.22. The lowest BCUT2D eigenvalue weighted by Gasteiger charge is -2.61. The van der Waals surface area contributed by atoms with Gasteiger partial charge in [0.15, 0.2) is 0 Å². The molecule has 0 radical (unpaired) electrons. The second-order valence-corrected chi connectivity index (χ2v) is 14.3. The molecule has 5 aliphatic carbocycles. The van der Waals surface area contributed by atoms with Crippen LogP contribution < -0.4 is 5.32 Å². The monoisotopic (exact) mass is 496 g/mol. The summed E-state index contributed by atoms with van der Waals surface area (Å²) < 4.78 is 0. The van der Waals surface area contributed by atoms with Crippen LogP contribution in [0.15, 0.2) is 5.11 Å². The third-order valence-electron chi connectivity index (χ3n) is 12.8. The van der Waals surface area contributed by atoms with Gasteiger partial charge in [0.25, 0.3) is 0 Å². The van der Waals surface area contributed by atoms with E-state index < -0.39 is 0 Å². The van der Waals surface area contributed by atoms with Crippen molar-refractivity contribution < 1.29 is 4.79 Å². The van der Waals surface area contributed by atoms with E-state index in [1.807, 2.05) is 0 Å². The highest BCUT2D eigenvalue weighted by Crippen LogP contribution is 2.68. The SMILES string of the molecule is C[C@H](CCC(=O)NCC1CCCCC1)[C@H]1CC[C@H]2[C@@H]3CC[C@@H]4C[C@@H](N=[N+]=[N-])CC[C@]4(C)[C@H]3CC[C@]12C. The lowest BCUT2D eigenvalue weighted by Crippen LogP contribution is -2.54. The molecule has 5 nitrogen and oxygen atoms in total. The fraction of sp³-hybridized carbons (Fsp3) is 0.968. The summed E-state index contributed by atoms with van der Waals surface area (Å²) in [5.74, 6) is 5.79. The second kappa shape index (κ2) is 10.9. The molecule has 0 saturated heterocycles. The highest BCUT2D eigenvalue weighted by Gasteiger charge is 2.60. The normalized spacial score (nSPS) is 43.4. The van der Waals surface area contributed by atoms with Gasteiger partial charge in [-0.3, -0.25) is 4.79 Å². The molecular formula is C31H52N4O. The van der Waals surface area contributed by atoms with Crippen LogP contribution in [-0.2, 0) is 4.79 Å². The smallest absolute Gasteiger partial charge is 0.220 e. The Labute approximate surface area is 220 Å². The zero-order valence-corrected chi connectivity index (χ0v) is 23.4. The number of azide groups is 1. The van der Waals surface area contributed by atoms with Crippen LogP contribution in [0.4, 0.5) is 0 Å². The van der Waals surface area contributed by atoms with Crippen LogP contribution in [0.5, 0.6) is 0 Å². The Kier molecular flexibility index (Phi) is 7.97. The van der Waals surface area contributed by atoms with Crippen molar-refractivity contribution in [2.45, 2.75) is 130 Å². The maximum absolute atomic E-state index is 12.7. The van der Waals surface area contributed by atoms with Gasteiger partial charge in [0, 0.05) is 23.9 Å². The standard InChI is InChI=1S/C31H52N4O/c1-21(9-14-29(36)33-20-22-7-5-4-6-8-22)26-12-13-27-25-11-10-23-19-24(34-35-32)15-17-30(23,2)28(25)16-18-31(26,27)3/h21-28H,4-20H2,1-3H3,(H,33,36)/t21-,23-,24+,25+,26-,27+,28+,30+,31-/m1/s1. The van der Waals surface area contributed by atoms with Gasteiger partial charge in [0.2, 0.25) is 5.91 Å². The number of hydrogen-bond acceptors (Lipinski definition) is 2. The van der Waals surface area contributed by atoms with Crippen molar-refractivity contribution >= 4 is 5.91 Å². The molecule has 0 aromatic carbocycles. The lowest BCUT2D eigenvalue weighted by atomic mass is 9.44. The summed E-state index contributed by atoms with van der Waals surface area (Å²) in [5.41, 5.74) is 9.87. The van der Waals surface area contributed by atoms with E-state index in [1.54, 1.807) is 0 Å². The molecule has 5 heteroatoms. The molecule has 0 heterocycles. The second-order valence-electron chi connectivity index (χ2n) is 14.3. The van der Waals surface area contributed by atoms with E-state index in [0.29, 0.717) is 29.1 Å². The number of fused-ring (bicyclic) bond motifs is 5. The Bertz CT molecular complexity index is 832. The molecule has 0 aliphatic heterocycles. The van der Waals surface area contributed by atoms with Crippen molar-refractivity contribution in [1.82, 2.24) is 5.32 Å². The first-order valence-electron chi connectivity index (χ1n) is 15.7. The fourth-order valence-electron chi connectivity index (χ4n) is 10.7. The van der Waals surface area contributed by atoms with Gasteiger partial charge in [-0.2, -0.15) is 0 Å². The molecule has 0 aromatic rings. The quantitative estimate of drug-likeness (QED) is 0.214. The van der Waals surface area contributed by atoms with E-state index in [1.165, 1.54) is 77.0 Å². The van der Waals surface area contributed by atoms with E-state index >= 15 is 0 Å². The number of hydrogen-bond donors (Lipinski definition) is 1. The minimum Gasteiger partial charge on any atom is -0.356 e. The van der Waals surface area contributed by atoms with Gasteiger partial charge < -0.3 is 5.32 Å². The summed E-state index contributed by atoms with van der Waals surface area (Å²) in [5, 5.41) is 7.40. The summed E-state index contributed by atoms with van der Waals surface area (Å²) in [6.45, 7) is 8.60. The number of rotatable bonds is 7. The first-order valence-corrected chi connectivity index (χ1v) is 15.7. The Morgan fingerprint density at radius 1 is 0.972 bits per heavy atom. The van der Waals surface area contributed by atoms with Gasteiger partial charge in [-0.05, 0) is 135 Å². The molecule has 0 spiro atoms. The van der Waals surface area contributed by atoms with E-state index in [9.17, 15) is 4.79 Å². The average molecular weight is 497 g/mol. The van der Waals surface area contributed by atoms with Gasteiger partial charge in [0.05, 0.1) is 0 Å². The molecule has 0 unspecified atom stereocenters. The molecule has 5 fully saturated rings. The molecule has 0 aromatic heterocycles. The Morgan fingerprint density at radius 2 is 1.72 bits per heavy atom. The average Bonchev–Trinajstić information content (AvgIpc) is 3.24. The number of carbonyl (C=O) groups is 1. The van der Waals surface area contributed by atoms with Crippen molar-refractivity contribution in [2.75, 3.05) is 6.54 Å². The minimum absolute atomic E-state index is 0.232. The molecule has 5 saturated carbocycles. The van der Waals surface area contributed by atoms with Crippen molar-refractivity contribution in [3.05, 3.63) is 10.4 Å². The molecule has 5 rings (SSSR count). The maximum Gasteiger partial charge on any atom is 0.220 e. The lowest BCUT2D eigenvalue weighted by molar-refractivity contribution is -0.123. The van der Waals surface area contributed by atoms with Crippen LogP contribution in [0, 0.1) is 52.3 Å². The number of amides is 1. The van der Waals surface area contributed by atoms with Crippen molar-refractivity contribution in [3.8, 4) is 0 Å². The van der Waals surface area contributed by atoms with E-state index in [0.717, 1.165) is 61.3 Å². The number of carbonyl (C=O) groups excluding carboxylic acids is 1. The zero-order chi connectivity index (χ0) is 25.3. The third kappa shape index (κ3) is 4.95. The predicted molar refractivity (Wildman–Crippen MR) is 146 cm³/mol. The van der Waals surface area contributed by atoms with Crippen LogP contribution in [-0.4, -0.2) is 18.5 Å². The van der Waals surface area contributed by atoms with Gasteiger partial charge in [-0.15, -0.1) is 0 Å². The molecule has 5 aliphatic rings. The van der Waals surface area contributed by atoms with Gasteiger partial charge in [-0.25, -0.2) is 0 Å². The van der Waals surface area contributed by atoms with E-state index in [4.69, 9.17) is 5.53 Å². The van der Waals surface area contributed by atoms with Gasteiger partial charge in [-0.1, -0.05) is 45.1 Å². The summed E-state index contributed by atoms with van der Waals surface area (Å²) in [4.78, 5) is 15.8. The minimum atomic E-state index is 0.232. The fourth-order valence-corrected chi connectivity index (χ4v) is 10.7. The molecular weight excluding hydrogens is 444 g/mol. The highest BCUT2D eigenvalue weighted by atomic mass is 16.1. The molecule has 1 amide bonds. The Morgan fingerprint density at radius 3 is 2.50 bits per heavy atom. The van der Waals surface area contributed by atoms with Crippen LogP contribution in [0.1, 0.15) is 124 Å². The summed E-state index contributed by atoms with van der Waals surface area (Å²) >= 11 is 0. The highest BCUT2D eigenvalue weighted by molar-refractivity contribution is 5.75. The van der Waals surface area contributed by atoms with E-state index in [2.05, 4.69) is 36.1 Å². The molecule has 1 N–H and O–H groups in total. The first kappa shape index (κ1) is 26.4. The molecule has 202 valence electrons. The molecule has 36 heavy (non-hydrogen) atoms. The largest absolute Gasteiger partial charge is 0.356 e. The maximum atomic E-state index is 12.7. The summed E-state index contributed by atoms with van der Waals surface area (Å²) in [6, 6.07) is 0.232. The predicted octanol–water partition coefficient (Wildman–Crippen LogP) is 8.44. The van der Waals surface area contributed by atoms with Crippen LogP contribution in [0.2, 0.25) is 0 Å². The zero-order valence-electron chi connectivity index (χ0n) is 23.4. The molecule has 0 bridgehead atoms. The summed E-state index contributed by atoms with van der Waals surface area (Å²) in [7, 11) is 0. The Balaban J connectivity index is 1.16. The topological polar surface area (TPSA) is 77.9 Å². The van der Waals surface area contributed by atoms with Crippen molar-refractivity contribution in [3.63, 3.8) is 0 Å². The first-order chi connectivity index (χ1) is 17.3. The third-order valence-corrected chi connectivity index (χ3v) is 12.8. The number of nitrogens with zero attached hydrogens (tertiary/aromatic N) is 3. The van der Waals surface area contributed by atoms with Crippen molar-refractivity contribution in [1.29, 1.82) is 0 Å². The van der Waals surface area contributed by atoms with Gasteiger partial charge in [0.1, 0.15) is 0 Å². The molecule has 9 atom stereocenters. The van der Waals surface area contributed by atoms with Crippen LogP contribution in [0.25, 0.3) is 10.4 Å². The van der Waals surface area contributed by atoms with Gasteiger partial charge >= 0.3 is 0 Å². The van der Waals surface area contributed by atoms with Crippen LogP contribution in [0.3, 0.4) is 0 Å². The van der Waals surface area contributed by atoms with Crippen molar-refractivity contribution in [2.24, 2.45) is 57.4 Å². The van der Waals surface area contributed by atoms with Crippen LogP contribution >= 0.6 is 0 Å². The summed E-state index contributed by atoms with van der Waals surface area (Å²) in [6.07, 6.45) is 20.2. The van der Waals surface area contributed by atoms with E-state index in [-0.39, 0.29) is 6.04 Å².